The summed E-state index contributed by atoms with van der Waals surface area (Å²) in [6.07, 6.45) is 3.41. The molecule has 1 aliphatic rings. The number of aliphatic hydroxyl groups is 1. The maximum Gasteiger partial charge on any atom is 0.252 e. The lowest BCUT2D eigenvalue weighted by atomic mass is 9.86. The molecule has 1 aliphatic heterocycles. The zero-order valence-corrected chi connectivity index (χ0v) is 23.3. The molecule has 1 heterocycles. The van der Waals surface area contributed by atoms with Crippen molar-refractivity contribution >= 4 is 27.7 Å². The highest BCUT2D eigenvalue weighted by Gasteiger charge is 2.50. The van der Waals surface area contributed by atoms with Crippen molar-refractivity contribution in [1.29, 1.82) is 0 Å². The average molecular weight is 580 g/mol. The monoisotopic (exact) mass is 578 g/mol. The van der Waals surface area contributed by atoms with Gasteiger partial charge in [-0.25, -0.2) is 4.99 Å². The summed E-state index contributed by atoms with van der Waals surface area (Å²) in [7, 11) is 0. The predicted molar refractivity (Wildman–Crippen MR) is 154 cm³/mol. The summed E-state index contributed by atoms with van der Waals surface area (Å²) in [5.74, 6) is 1.03. The molecule has 0 spiro atoms. The van der Waals surface area contributed by atoms with Crippen molar-refractivity contribution in [3.63, 3.8) is 0 Å². The van der Waals surface area contributed by atoms with E-state index in [1.165, 1.54) is 5.56 Å². The summed E-state index contributed by atoms with van der Waals surface area (Å²) in [6.45, 7) is 3.04. The molecule has 6 nitrogen and oxygen atoms in total. The molecule has 0 saturated heterocycles. The second-order valence-electron chi connectivity index (χ2n) is 9.52. The van der Waals surface area contributed by atoms with Crippen molar-refractivity contribution in [2.45, 2.75) is 50.7 Å². The largest absolute Gasteiger partial charge is 0.494 e. The van der Waals surface area contributed by atoms with Gasteiger partial charge in [0.05, 0.1) is 6.61 Å². The summed E-state index contributed by atoms with van der Waals surface area (Å²) in [4.78, 5) is 18.7. The first-order chi connectivity index (χ1) is 18.5. The molecule has 3 aromatic rings. The Kier molecular flexibility index (Phi) is 9.96. The molecule has 0 aromatic heterocycles. The summed E-state index contributed by atoms with van der Waals surface area (Å²) in [5, 5.41) is 12.1. The van der Waals surface area contributed by atoms with Gasteiger partial charge >= 0.3 is 0 Å². The van der Waals surface area contributed by atoms with Gasteiger partial charge in [-0.05, 0) is 67.6 Å². The van der Waals surface area contributed by atoms with Gasteiger partial charge in [0.25, 0.3) is 5.91 Å². The van der Waals surface area contributed by atoms with Crippen LogP contribution in [0.3, 0.4) is 0 Å². The van der Waals surface area contributed by atoms with Crippen LogP contribution in [0.15, 0.2) is 88.3 Å². The maximum absolute atomic E-state index is 13.8. The van der Waals surface area contributed by atoms with Crippen LogP contribution in [0.2, 0.25) is 0 Å². The van der Waals surface area contributed by atoms with Crippen LogP contribution >= 0.6 is 15.9 Å². The Morgan fingerprint density at radius 3 is 2.50 bits per heavy atom. The molecule has 4 rings (SSSR count). The van der Waals surface area contributed by atoms with E-state index in [4.69, 9.17) is 19.6 Å². The predicted octanol–water partition coefficient (Wildman–Crippen LogP) is 5.50. The van der Waals surface area contributed by atoms with E-state index in [1.807, 2.05) is 61.5 Å². The van der Waals surface area contributed by atoms with E-state index in [9.17, 15) is 4.79 Å². The molecule has 2 atom stereocenters. The molecular formula is C31H35BrN2O4. The number of nitrogens with zero attached hydrogens (tertiary/aromatic N) is 1. The molecule has 0 fully saturated rings. The molecule has 0 saturated carbocycles. The third-order valence-corrected chi connectivity index (χ3v) is 7.54. The number of aliphatic imine (C=N–C) groups is 1. The van der Waals surface area contributed by atoms with Crippen LogP contribution in [-0.4, -0.2) is 48.3 Å². The van der Waals surface area contributed by atoms with Crippen LogP contribution < -0.4 is 10.1 Å². The Hall–Kier alpha value is -3.16. The number of benzene rings is 3. The number of amides is 1. The third kappa shape index (κ3) is 7.03. The second-order valence-corrected chi connectivity index (χ2v) is 10.4. The van der Waals surface area contributed by atoms with Gasteiger partial charge in [-0.2, -0.15) is 0 Å². The van der Waals surface area contributed by atoms with Gasteiger partial charge in [-0.15, -0.1) is 0 Å². The topological polar surface area (TPSA) is 80.2 Å². The molecule has 0 unspecified atom stereocenters. The number of carbonyl (C=O) groups excluding carboxylic acids is 1. The number of aryl methyl sites for hydroxylation is 1. The molecule has 0 radical (unpaired) electrons. The Morgan fingerprint density at radius 2 is 1.76 bits per heavy atom. The maximum atomic E-state index is 13.8. The summed E-state index contributed by atoms with van der Waals surface area (Å²) < 4.78 is 12.8. The summed E-state index contributed by atoms with van der Waals surface area (Å²) in [5.41, 5.74) is 2.01. The van der Waals surface area contributed by atoms with Crippen LogP contribution in [-0.2, 0) is 22.4 Å². The number of ether oxygens (including phenoxy) is 2. The minimum Gasteiger partial charge on any atom is -0.494 e. The van der Waals surface area contributed by atoms with Crippen LogP contribution in [0.4, 0.5) is 0 Å². The number of unbranched alkanes of at least 4 members (excludes halogenated alkanes) is 1. The van der Waals surface area contributed by atoms with Crippen LogP contribution in [0.25, 0.3) is 0 Å². The van der Waals surface area contributed by atoms with Gasteiger partial charge < -0.3 is 19.9 Å². The fourth-order valence-corrected chi connectivity index (χ4v) is 4.95. The van der Waals surface area contributed by atoms with Crippen molar-refractivity contribution in [1.82, 2.24) is 5.32 Å². The molecule has 2 N–H and O–H groups in total. The zero-order chi connectivity index (χ0) is 26.8. The molecule has 200 valence electrons. The van der Waals surface area contributed by atoms with E-state index in [2.05, 4.69) is 45.5 Å². The number of carbonyl (C=O) groups is 1. The van der Waals surface area contributed by atoms with Crippen LogP contribution in [0.1, 0.15) is 42.9 Å². The highest BCUT2D eigenvalue weighted by molar-refractivity contribution is 9.10. The fourth-order valence-electron chi connectivity index (χ4n) is 4.53. The van der Waals surface area contributed by atoms with Crippen molar-refractivity contribution in [2.75, 3.05) is 19.8 Å². The van der Waals surface area contributed by atoms with Gasteiger partial charge in [0, 0.05) is 36.0 Å². The van der Waals surface area contributed by atoms with E-state index in [0.717, 1.165) is 34.9 Å². The normalized spacial score (nSPS) is 18.5. The highest BCUT2D eigenvalue weighted by Crippen LogP contribution is 2.34. The first-order valence-electron chi connectivity index (χ1n) is 13.2. The number of hydrogen-bond donors (Lipinski definition) is 2. The first kappa shape index (κ1) is 27.9. The zero-order valence-electron chi connectivity index (χ0n) is 21.7. The second kappa shape index (κ2) is 13.6. The molecule has 0 bridgehead atoms. The van der Waals surface area contributed by atoms with Gasteiger partial charge in [-0.1, -0.05) is 64.5 Å². The summed E-state index contributed by atoms with van der Waals surface area (Å²) in [6, 6.07) is 25.8. The number of halogens is 1. The highest BCUT2D eigenvalue weighted by atomic mass is 79.9. The standard InChI is InChI=1S/C31H35BrN2O4/c1-23-31(22-26-13-5-6-14-28(26)32,30(36)33-19-8-7-12-24-10-3-2-4-11-24)34-29(38-23)25-15-17-27(18-16-25)37-21-9-20-35/h2-6,10-11,13-18,23,35H,7-9,12,19-22H2,1H3,(H,33,36)/t23-,31-/m1/s1. The molecule has 38 heavy (non-hydrogen) atoms. The van der Waals surface area contributed by atoms with Crippen molar-refractivity contribution in [3.8, 4) is 5.75 Å². The van der Waals surface area contributed by atoms with E-state index >= 15 is 0 Å². The first-order valence-corrected chi connectivity index (χ1v) is 14.0. The number of rotatable bonds is 13. The lowest BCUT2D eigenvalue weighted by molar-refractivity contribution is -0.128. The van der Waals surface area contributed by atoms with Gasteiger partial charge in [-0.3, -0.25) is 4.79 Å². The molecule has 1 amide bonds. The van der Waals surface area contributed by atoms with Crippen molar-refractivity contribution < 1.29 is 19.4 Å². The van der Waals surface area contributed by atoms with Gasteiger partial charge in [0.2, 0.25) is 5.90 Å². The minimum atomic E-state index is -1.09. The molecule has 7 heteroatoms. The van der Waals surface area contributed by atoms with Crippen LogP contribution in [0.5, 0.6) is 5.75 Å². The van der Waals surface area contributed by atoms with Gasteiger partial charge in [0.1, 0.15) is 11.9 Å². The minimum absolute atomic E-state index is 0.0926. The van der Waals surface area contributed by atoms with Crippen LogP contribution in [0, 0.1) is 0 Å². The lowest BCUT2D eigenvalue weighted by Gasteiger charge is -2.28. The van der Waals surface area contributed by atoms with Crippen molar-refractivity contribution in [3.05, 3.63) is 100 Å². The number of nitrogens with one attached hydrogen (secondary N) is 1. The Balaban J connectivity index is 1.49. The van der Waals surface area contributed by atoms with Crippen molar-refractivity contribution in [2.24, 2.45) is 4.99 Å². The van der Waals surface area contributed by atoms with E-state index in [1.54, 1.807) is 0 Å². The average Bonchev–Trinajstić information content (AvgIpc) is 3.27. The number of hydrogen-bond acceptors (Lipinski definition) is 5. The Morgan fingerprint density at radius 1 is 1.03 bits per heavy atom. The fraction of sp³-hybridized carbons (Fsp3) is 0.355. The Labute approximate surface area is 233 Å². The third-order valence-electron chi connectivity index (χ3n) is 6.77. The van der Waals surface area contributed by atoms with E-state index in [0.29, 0.717) is 37.6 Å². The van der Waals surface area contributed by atoms with E-state index in [-0.39, 0.29) is 12.5 Å². The molecule has 0 aliphatic carbocycles. The summed E-state index contributed by atoms with van der Waals surface area (Å²) >= 11 is 3.64. The smallest absolute Gasteiger partial charge is 0.252 e. The number of aliphatic hydroxyl groups excluding tert-OH is 1. The Bertz CT molecular complexity index is 1220. The molecule has 3 aromatic carbocycles. The van der Waals surface area contributed by atoms with Gasteiger partial charge in [0.15, 0.2) is 5.54 Å². The molecular weight excluding hydrogens is 544 g/mol. The lowest BCUT2D eigenvalue weighted by Crippen LogP contribution is -2.52. The quantitative estimate of drug-likeness (QED) is 0.262. The SMILES string of the molecule is C[C@H]1OC(c2ccc(OCCCO)cc2)=N[C@@]1(Cc1ccccc1Br)C(=O)NCCCCc1ccccc1. The van der Waals surface area contributed by atoms with E-state index < -0.39 is 11.6 Å².